The average molecular weight is 372 g/mol. The second-order valence-corrected chi connectivity index (χ2v) is 7.29. The molecule has 2 amide bonds. The molecule has 2 N–H and O–H groups in total. The Labute approximate surface area is 151 Å². The third-order valence-corrected chi connectivity index (χ3v) is 5.32. The SMILES string of the molecule is O=C(NCCn1nc(C(F)(F)F)c2c1CCCC2)NC1CCCCCC1. The van der Waals surface area contributed by atoms with Crippen LogP contribution < -0.4 is 10.6 Å². The molecule has 1 fully saturated rings. The van der Waals surface area contributed by atoms with E-state index in [1.54, 1.807) is 0 Å². The second-order valence-electron chi connectivity index (χ2n) is 7.29. The summed E-state index contributed by atoms with van der Waals surface area (Å²) in [5, 5.41) is 9.55. The van der Waals surface area contributed by atoms with E-state index in [4.69, 9.17) is 0 Å². The van der Waals surface area contributed by atoms with Gasteiger partial charge in [0.2, 0.25) is 0 Å². The van der Waals surface area contributed by atoms with E-state index >= 15 is 0 Å². The molecule has 0 aromatic carbocycles. The monoisotopic (exact) mass is 372 g/mol. The maximum Gasteiger partial charge on any atom is 0.435 e. The predicted octanol–water partition coefficient (Wildman–Crippen LogP) is 3.80. The van der Waals surface area contributed by atoms with Crippen molar-refractivity contribution in [1.82, 2.24) is 20.4 Å². The number of carbonyl (C=O) groups is 1. The highest BCUT2D eigenvalue weighted by Crippen LogP contribution is 2.35. The van der Waals surface area contributed by atoms with Crippen molar-refractivity contribution in [2.24, 2.45) is 0 Å². The van der Waals surface area contributed by atoms with Crippen molar-refractivity contribution >= 4 is 6.03 Å². The Bertz CT molecular complexity index is 619. The molecule has 2 aliphatic rings. The number of nitrogens with one attached hydrogen (secondary N) is 2. The maximum absolute atomic E-state index is 13.2. The highest BCUT2D eigenvalue weighted by atomic mass is 19.4. The topological polar surface area (TPSA) is 59.0 Å². The molecule has 1 aromatic rings. The molecule has 0 unspecified atom stereocenters. The second kappa shape index (κ2) is 8.31. The number of halogens is 3. The molecule has 0 atom stereocenters. The molecule has 1 saturated carbocycles. The summed E-state index contributed by atoms with van der Waals surface area (Å²) in [7, 11) is 0. The Balaban J connectivity index is 1.54. The number of carbonyl (C=O) groups excluding carboxylic acids is 1. The number of nitrogens with zero attached hydrogens (tertiary/aromatic N) is 2. The molecular formula is C18H27F3N4O. The quantitative estimate of drug-likeness (QED) is 0.790. The fraction of sp³-hybridized carbons (Fsp3) is 0.778. The minimum Gasteiger partial charge on any atom is -0.336 e. The summed E-state index contributed by atoms with van der Waals surface area (Å²) in [5.41, 5.74) is 0.260. The molecule has 0 saturated heterocycles. The smallest absolute Gasteiger partial charge is 0.336 e. The van der Waals surface area contributed by atoms with E-state index in [0.29, 0.717) is 24.1 Å². The zero-order valence-corrected chi connectivity index (χ0v) is 15.0. The van der Waals surface area contributed by atoms with E-state index in [9.17, 15) is 18.0 Å². The van der Waals surface area contributed by atoms with Crippen molar-refractivity contribution in [3.8, 4) is 0 Å². The van der Waals surface area contributed by atoms with Crippen LogP contribution in [0.25, 0.3) is 0 Å². The fourth-order valence-corrected chi connectivity index (χ4v) is 4.02. The van der Waals surface area contributed by atoms with Gasteiger partial charge in [-0.2, -0.15) is 18.3 Å². The van der Waals surface area contributed by atoms with E-state index in [1.807, 2.05) is 0 Å². The molecule has 1 aromatic heterocycles. The first-order chi connectivity index (χ1) is 12.4. The van der Waals surface area contributed by atoms with E-state index < -0.39 is 11.9 Å². The molecule has 0 bridgehead atoms. The summed E-state index contributed by atoms with van der Waals surface area (Å²) in [6.07, 6.45) is 4.95. The fourth-order valence-electron chi connectivity index (χ4n) is 4.02. The molecular weight excluding hydrogens is 345 g/mol. The third-order valence-electron chi connectivity index (χ3n) is 5.32. The van der Waals surface area contributed by atoms with Crippen LogP contribution in [0.2, 0.25) is 0 Å². The highest BCUT2D eigenvalue weighted by molar-refractivity contribution is 5.74. The first-order valence-corrected chi connectivity index (χ1v) is 9.65. The number of aromatic nitrogens is 2. The van der Waals surface area contributed by atoms with Crippen LogP contribution >= 0.6 is 0 Å². The van der Waals surface area contributed by atoms with Crippen molar-refractivity contribution in [2.75, 3.05) is 6.54 Å². The van der Waals surface area contributed by atoms with Gasteiger partial charge in [0.15, 0.2) is 5.69 Å². The standard InChI is InChI=1S/C18H27F3N4O/c19-18(20,21)16-14-9-5-6-10-15(14)25(24-16)12-11-22-17(26)23-13-7-3-1-2-4-8-13/h13H,1-12H2,(H2,22,23,26). The van der Waals surface area contributed by atoms with Crippen molar-refractivity contribution in [1.29, 1.82) is 0 Å². The molecule has 0 aliphatic heterocycles. The molecule has 8 heteroatoms. The summed E-state index contributed by atoms with van der Waals surface area (Å²) in [4.78, 5) is 12.0. The van der Waals surface area contributed by atoms with Gasteiger partial charge in [-0.1, -0.05) is 25.7 Å². The van der Waals surface area contributed by atoms with Crippen molar-refractivity contribution in [2.45, 2.75) is 83.0 Å². The summed E-state index contributed by atoms with van der Waals surface area (Å²) < 4.78 is 41.0. The van der Waals surface area contributed by atoms with Gasteiger partial charge in [0.25, 0.3) is 0 Å². The van der Waals surface area contributed by atoms with Gasteiger partial charge >= 0.3 is 12.2 Å². The minimum absolute atomic E-state index is 0.201. The lowest BCUT2D eigenvalue weighted by Crippen LogP contribution is -2.43. The van der Waals surface area contributed by atoms with Crippen LogP contribution in [0.3, 0.4) is 0 Å². The van der Waals surface area contributed by atoms with E-state index in [1.165, 1.54) is 17.5 Å². The number of hydrogen-bond acceptors (Lipinski definition) is 2. The Morgan fingerprint density at radius 2 is 1.77 bits per heavy atom. The first-order valence-electron chi connectivity index (χ1n) is 9.65. The lowest BCUT2D eigenvalue weighted by Gasteiger charge is -2.17. The Morgan fingerprint density at radius 1 is 1.08 bits per heavy atom. The number of urea groups is 1. The number of hydrogen-bond donors (Lipinski definition) is 2. The maximum atomic E-state index is 13.2. The average Bonchev–Trinajstić information content (AvgIpc) is 2.78. The molecule has 5 nitrogen and oxygen atoms in total. The minimum atomic E-state index is -4.42. The van der Waals surface area contributed by atoms with E-state index in [2.05, 4.69) is 15.7 Å². The zero-order chi connectivity index (χ0) is 18.6. The normalized spacial score (nSPS) is 18.9. The number of alkyl halides is 3. The van der Waals surface area contributed by atoms with Crippen LogP contribution in [0.5, 0.6) is 0 Å². The van der Waals surface area contributed by atoms with E-state index in [0.717, 1.165) is 38.5 Å². The largest absolute Gasteiger partial charge is 0.435 e. The number of amides is 2. The molecule has 2 aliphatic carbocycles. The molecule has 0 spiro atoms. The first kappa shape index (κ1) is 19.0. The van der Waals surface area contributed by atoms with Gasteiger partial charge in [-0.05, 0) is 38.5 Å². The predicted molar refractivity (Wildman–Crippen MR) is 91.9 cm³/mol. The van der Waals surface area contributed by atoms with Gasteiger partial charge in [-0.3, -0.25) is 4.68 Å². The molecule has 1 heterocycles. The van der Waals surface area contributed by atoms with Crippen molar-refractivity contribution in [3.05, 3.63) is 17.0 Å². The van der Waals surface area contributed by atoms with Gasteiger partial charge < -0.3 is 10.6 Å². The summed E-state index contributed by atoms with van der Waals surface area (Å²) >= 11 is 0. The Morgan fingerprint density at radius 3 is 2.46 bits per heavy atom. The number of fused-ring (bicyclic) bond motifs is 1. The van der Waals surface area contributed by atoms with Crippen LogP contribution in [0.4, 0.5) is 18.0 Å². The van der Waals surface area contributed by atoms with Crippen molar-refractivity contribution in [3.63, 3.8) is 0 Å². The molecule has 3 rings (SSSR count). The Hall–Kier alpha value is -1.73. The highest BCUT2D eigenvalue weighted by Gasteiger charge is 2.39. The molecule has 0 radical (unpaired) electrons. The third kappa shape index (κ3) is 4.71. The summed E-state index contributed by atoms with van der Waals surface area (Å²) in [6, 6.07) is -0.0410. The summed E-state index contributed by atoms with van der Waals surface area (Å²) in [6.45, 7) is 0.528. The molecule has 26 heavy (non-hydrogen) atoms. The van der Waals surface area contributed by atoms with Gasteiger partial charge in [0, 0.05) is 23.8 Å². The lowest BCUT2D eigenvalue weighted by atomic mass is 9.95. The Kier molecular flexibility index (Phi) is 6.09. The van der Waals surface area contributed by atoms with Gasteiger partial charge in [-0.25, -0.2) is 4.79 Å². The zero-order valence-electron chi connectivity index (χ0n) is 15.0. The van der Waals surface area contributed by atoms with Crippen LogP contribution in [-0.4, -0.2) is 28.4 Å². The summed E-state index contributed by atoms with van der Waals surface area (Å²) in [5.74, 6) is 0. The van der Waals surface area contributed by atoms with Crippen LogP contribution in [-0.2, 0) is 25.6 Å². The molecule has 146 valence electrons. The number of rotatable bonds is 4. The van der Waals surface area contributed by atoms with Gasteiger partial charge in [0.05, 0.1) is 6.54 Å². The van der Waals surface area contributed by atoms with Crippen LogP contribution in [0, 0.1) is 0 Å². The van der Waals surface area contributed by atoms with Crippen molar-refractivity contribution < 1.29 is 18.0 Å². The van der Waals surface area contributed by atoms with Gasteiger partial charge in [0.1, 0.15) is 0 Å². The van der Waals surface area contributed by atoms with E-state index in [-0.39, 0.29) is 25.2 Å². The van der Waals surface area contributed by atoms with Gasteiger partial charge in [-0.15, -0.1) is 0 Å². The van der Waals surface area contributed by atoms with Crippen LogP contribution in [0.15, 0.2) is 0 Å². The van der Waals surface area contributed by atoms with Crippen LogP contribution in [0.1, 0.15) is 68.3 Å². The lowest BCUT2D eigenvalue weighted by molar-refractivity contribution is -0.142.